The van der Waals surface area contributed by atoms with Gasteiger partial charge in [-0.3, -0.25) is 4.79 Å². The van der Waals surface area contributed by atoms with E-state index in [0.717, 1.165) is 10.0 Å². The molecule has 0 spiro atoms. The normalized spacial score (nSPS) is 10.6. The van der Waals surface area contributed by atoms with Crippen LogP contribution in [0.15, 0.2) is 46.9 Å². The maximum atomic E-state index is 12.3. The molecule has 0 bridgehead atoms. The van der Waals surface area contributed by atoms with Crippen molar-refractivity contribution in [3.63, 3.8) is 0 Å². The van der Waals surface area contributed by atoms with Crippen molar-refractivity contribution in [3.8, 4) is 17.2 Å². The Morgan fingerprint density at radius 2 is 1.70 bits per heavy atom. The lowest BCUT2D eigenvalue weighted by molar-refractivity contribution is 0.104. The van der Waals surface area contributed by atoms with Crippen molar-refractivity contribution in [1.29, 1.82) is 0 Å². The summed E-state index contributed by atoms with van der Waals surface area (Å²) in [4.78, 5) is 12.3. The SMILES string of the molecule is COc1ccc(/C=C/C(=O)c2ccc(OC)c(Br)c2)c(OC)c1. The number of allylic oxidation sites excluding steroid dienone is 1. The largest absolute Gasteiger partial charge is 0.497 e. The van der Waals surface area contributed by atoms with Gasteiger partial charge in [0.1, 0.15) is 17.2 Å². The maximum Gasteiger partial charge on any atom is 0.185 e. The average molecular weight is 377 g/mol. The molecule has 0 aliphatic carbocycles. The van der Waals surface area contributed by atoms with Gasteiger partial charge in [0.15, 0.2) is 5.78 Å². The summed E-state index contributed by atoms with van der Waals surface area (Å²) in [7, 11) is 4.75. The summed E-state index contributed by atoms with van der Waals surface area (Å²) < 4.78 is 16.4. The Kier molecular flexibility index (Phi) is 5.82. The smallest absolute Gasteiger partial charge is 0.185 e. The van der Waals surface area contributed by atoms with Gasteiger partial charge in [-0.2, -0.15) is 0 Å². The minimum Gasteiger partial charge on any atom is -0.497 e. The van der Waals surface area contributed by atoms with Gasteiger partial charge in [-0.15, -0.1) is 0 Å². The summed E-state index contributed by atoms with van der Waals surface area (Å²) in [6.45, 7) is 0. The van der Waals surface area contributed by atoms with Crippen LogP contribution in [0.3, 0.4) is 0 Å². The summed E-state index contributed by atoms with van der Waals surface area (Å²) in [5.41, 5.74) is 1.37. The Bertz CT molecular complexity index is 738. The van der Waals surface area contributed by atoms with Gasteiger partial charge in [0.2, 0.25) is 0 Å². The lowest BCUT2D eigenvalue weighted by Gasteiger charge is -2.07. The molecule has 0 unspecified atom stereocenters. The summed E-state index contributed by atoms with van der Waals surface area (Å²) in [5.74, 6) is 1.92. The third-order valence-corrected chi connectivity index (χ3v) is 3.91. The van der Waals surface area contributed by atoms with E-state index in [1.165, 1.54) is 6.08 Å². The zero-order chi connectivity index (χ0) is 16.8. The minimum atomic E-state index is -0.105. The third kappa shape index (κ3) is 4.13. The van der Waals surface area contributed by atoms with Crippen LogP contribution in [-0.2, 0) is 0 Å². The highest BCUT2D eigenvalue weighted by atomic mass is 79.9. The van der Waals surface area contributed by atoms with Crippen molar-refractivity contribution in [1.82, 2.24) is 0 Å². The first-order chi connectivity index (χ1) is 11.1. The standard InChI is InChI=1S/C18H17BrO4/c1-21-14-7-4-12(18(11-14)23-3)5-8-16(20)13-6-9-17(22-2)15(19)10-13/h4-11H,1-3H3/b8-5+. The molecule has 23 heavy (non-hydrogen) atoms. The second-order valence-electron chi connectivity index (χ2n) is 4.65. The summed E-state index contributed by atoms with van der Waals surface area (Å²) in [5, 5.41) is 0. The van der Waals surface area contributed by atoms with E-state index in [2.05, 4.69) is 15.9 Å². The van der Waals surface area contributed by atoms with Gasteiger partial charge in [-0.05, 0) is 58.4 Å². The molecule has 0 radical (unpaired) electrons. The molecule has 0 aromatic heterocycles. The molecule has 0 amide bonds. The fraction of sp³-hybridized carbons (Fsp3) is 0.167. The van der Waals surface area contributed by atoms with Gasteiger partial charge in [-0.1, -0.05) is 0 Å². The van der Waals surface area contributed by atoms with E-state index in [1.54, 1.807) is 51.7 Å². The lowest BCUT2D eigenvalue weighted by Crippen LogP contribution is -1.96. The number of benzene rings is 2. The number of hydrogen-bond acceptors (Lipinski definition) is 4. The summed E-state index contributed by atoms with van der Waals surface area (Å²) in [6.07, 6.45) is 3.23. The number of carbonyl (C=O) groups is 1. The maximum absolute atomic E-state index is 12.3. The number of ether oxygens (including phenoxy) is 3. The van der Waals surface area contributed by atoms with Crippen LogP contribution in [0.2, 0.25) is 0 Å². The van der Waals surface area contributed by atoms with Gasteiger partial charge in [0, 0.05) is 17.2 Å². The highest BCUT2D eigenvalue weighted by molar-refractivity contribution is 9.10. The molecular formula is C18H17BrO4. The van der Waals surface area contributed by atoms with Crippen molar-refractivity contribution in [2.75, 3.05) is 21.3 Å². The Hall–Kier alpha value is -2.27. The van der Waals surface area contributed by atoms with Gasteiger partial charge in [0.05, 0.1) is 25.8 Å². The van der Waals surface area contributed by atoms with Crippen LogP contribution < -0.4 is 14.2 Å². The van der Waals surface area contributed by atoms with E-state index in [-0.39, 0.29) is 5.78 Å². The van der Waals surface area contributed by atoms with Crippen LogP contribution in [0.5, 0.6) is 17.2 Å². The second kappa shape index (κ2) is 7.83. The number of ketones is 1. The van der Waals surface area contributed by atoms with Crippen molar-refractivity contribution in [2.24, 2.45) is 0 Å². The van der Waals surface area contributed by atoms with Crippen molar-refractivity contribution >= 4 is 27.8 Å². The number of halogens is 1. The molecule has 0 aliphatic heterocycles. The van der Waals surface area contributed by atoms with E-state index >= 15 is 0 Å². The zero-order valence-electron chi connectivity index (χ0n) is 13.1. The van der Waals surface area contributed by atoms with E-state index < -0.39 is 0 Å². The van der Waals surface area contributed by atoms with Gasteiger partial charge in [-0.25, -0.2) is 0 Å². The van der Waals surface area contributed by atoms with E-state index in [4.69, 9.17) is 14.2 Å². The Balaban J connectivity index is 2.22. The molecule has 0 heterocycles. The predicted octanol–water partition coefficient (Wildman–Crippen LogP) is 4.37. The predicted molar refractivity (Wildman–Crippen MR) is 93.6 cm³/mol. The molecule has 0 aliphatic rings. The zero-order valence-corrected chi connectivity index (χ0v) is 14.7. The van der Waals surface area contributed by atoms with Crippen LogP contribution >= 0.6 is 15.9 Å². The van der Waals surface area contributed by atoms with Crippen LogP contribution in [-0.4, -0.2) is 27.1 Å². The topological polar surface area (TPSA) is 44.8 Å². The van der Waals surface area contributed by atoms with Crippen molar-refractivity contribution in [3.05, 3.63) is 58.1 Å². The van der Waals surface area contributed by atoms with Gasteiger partial charge in [0.25, 0.3) is 0 Å². The molecule has 0 saturated carbocycles. The molecular weight excluding hydrogens is 360 g/mol. The Labute approximate surface area is 143 Å². The first-order valence-electron chi connectivity index (χ1n) is 6.87. The van der Waals surface area contributed by atoms with E-state index in [1.807, 2.05) is 12.1 Å². The van der Waals surface area contributed by atoms with Crippen LogP contribution in [0.25, 0.3) is 6.08 Å². The molecule has 4 nitrogen and oxygen atoms in total. The monoisotopic (exact) mass is 376 g/mol. The number of rotatable bonds is 6. The molecule has 120 valence electrons. The number of methoxy groups -OCH3 is 3. The van der Waals surface area contributed by atoms with Crippen molar-refractivity contribution in [2.45, 2.75) is 0 Å². The molecule has 0 saturated heterocycles. The molecule has 2 aromatic carbocycles. The molecule has 5 heteroatoms. The summed E-state index contributed by atoms with van der Waals surface area (Å²) >= 11 is 3.38. The molecule has 0 atom stereocenters. The highest BCUT2D eigenvalue weighted by Crippen LogP contribution is 2.27. The fourth-order valence-electron chi connectivity index (χ4n) is 2.04. The van der Waals surface area contributed by atoms with Crippen molar-refractivity contribution < 1.29 is 19.0 Å². The fourth-order valence-corrected chi connectivity index (χ4v) is 2.58. The van der Waals surface area contributed by atoms with Crippen LogP contribution in [0.1, 0.15) is 15.9 Å². The van der Waals surface area contributed by atoms with Gasteiger partial charge >= 0.3 is 0 Å². The quantitative estimate of drug-likeness (QED) is 0.554. The third-order valence-electron chi connectivity index (χ3n) is 3.29. The Morgan fingerprint density at radius 1 is 0.957 bits per heavy atom. The summed E-state index contributed by atoms with van der Waals surface area (Å²) in [6, 6.07) is 10.6. The Morgan fingerprint density at radius 3 is 2.30 bits per heavy atom. The number of carbonyl (C=O) groups excluding carboxylic acids is 1. The first-order valence-corrected chi connectivity index (χ1v) is 7.66. The van der Waals surface area contributed by atoms with Crippen LogP contribution in [0, 0.1) is 0 Å². The average Bonchev–Trinajstić information content (AvgIpc) is 2.59. The second-order valence-corrected chi connectivity index (χ2v) is 5.51. The first kappa shape index (κ1) is 17.1. The molecule has 0 N–H and O–H groups in total. The van der Waals surface area contributed by atoms with Crippen LogP contribution in [0.4, 0.5) is 0 Å². The highest BCUT2D eigenvalue weighted by Gasteiger charge is 2.07. The van der Waals surface area contributed by atoms with E-state index in [9.17, 15) is 4.79 Å². The number of hydrogen-bond donors (Lipinski definition) is 0. The molecule has 2 aromatic rings. The lowest BCUT2D eigenvalue weighted by atomic mass is 10.1. The van der Waals surface area contributed by atoms with Gasteiger partial charge < -0.3 is 14.2 Å². The minimum absolute atomic E-state index is 0.105. The molecule has 2 rings (SSSR count). The molecule has 0 fully saturated rings. The van der Waals surface area contributed by atoms with E-state index in [0.29, 0.717) is 22.8 Å².